The van der Waals surface area contributed by atoms with E-state index in [2.05, 4.69) is 38.8 Å². The third-order valence-electron chi connectivity index (χ3n) is 2.77. The van der Waals surface area contributed by atoms with Crippen LogP contribution in [0.5, 0.6) is 5.75 Å². The first-order valence-corrected chi connectivity index (χ1v) is 8.37. The van der Waals surface area contributed by atoms with Gasteiger partial charge in [-0.25, -0.2) is 0 Å². The molecule has 6 nitrogen and oxygen atoms in total. The Labute approximate surface area is 158 Å². The van der Waals surface area contributed by atoms with Crippen molar-refractivity contribution in [2.24, 2.45) is 0 Å². The third-order valence-corrected chi connectivity index (χ3v) is 3.92. The molecule has 0 aromatic heterocycles. The van der Waals surface area contributed by atoms with E-state index in [1.807, 2.05) is 18.2 Å². The number of ether oxygens (including phenoxy) is 1. The van der Waals surface area contributed by atoms with Crippen molar-refractivity contribution < 1.29 is 14.3 Å². The van der Waals surface area contributed by atoms with Crippen LogP contribution in [0.1, 0.15) is 10.4 Å². The lowest BCUT2D eigenvalue weighted by Gasteiger charge is -2.12. The second-order valence-electron chi connectivity index (χ2n) is 4.54. The number of hydrogen-bond acceptors (Lipinski definition) is 4. The van der Waals surface area contributed by atoms with Gasteiger partial charge in [-0.05, 0) is 59.1 Å². The number of halogens is 1. The van der Waals surface area contributed by atoms with E-state index in [1.165, 1.54) is 0 Å². The normalized spacial score (nSPS) is 9.71. The zero-order chi connectivity index (χ0) is 17.4. The maximum atomic E-state index is 12.0. The summed E-state index contributed by atoms with van der Waals surface area (Å²) in [6, 6.07) is 16.0. The van der Waals surface area contributed by atoms with E-state index >= 15 is 0 Å². The fourth-order valence-electron chi connectivity index (χ4n) is 1.69. The lowest BCUT2D eigenvalue weighted by Crippen LogP contribution is -2.49. The predicted molar refractivity (Wildman–Crippen MR) is 102 cm³/mol. The highest BCUT2D eigenvalue weighted by molar-refractivity contribution is 14.1. The molecule has 124 valence electrons. The summed E-state index contributed by atoms with van der Waals surface area (Å²) < 4.78 is 6.10. The lowest BCUT2D eigenvalue weighted by atomic mass is 10.2. The summed E-state index contributed by atoms with van der Waals surface area (Å²) in [5, 5.41) is 2.39. The van der Waals surface area contributed by atoms with Crippen LogP contribution in [0, 0.1) is 3.57 Å². The Kier molecular flexibility index (Phi) is 6.94. The number of carbonyl (C=O) groups is 2. The first kappa shape index (κ1) is 18.1. The van der Waals surface area contributed by atoms with Crippen LogP contribution in [0.3, 0.4) is 0 Å². The number of carbonyl (C=O) groups excluding carboxylic acids is 2. The van der Waals surface area contributed by atoms with Crippen molar-refractivity contribution in [1.82, 2.24) is 16.2 Å². The fraction of sp³-hybridized carbons (Fsp3) is 0.0625. The average Bonchev–Trinajstić information content (AvgIpc) is 2.59. The molecule has 2 aromatic rings. The van der Waals surface area contributed by atoms with Gasteiger partial charge in [-0.1, -0.05) is 30.3 Å². The first-order valence-electron chi connectivity index (χ1n) is 6.89. The van der Waals surface area contributed by atoms with E-state index in [0.717, 1.165) is 3.57 Å². The number of amides is 2. The summed E-state index contributed by atoms with van der Waals surface area (Å²) in [6.07, 6.45) is 0. The zero-order valence-electron chi connectivity index (χ0n) is 12.4. The third kappa shape index (κ3) is 5.78. The molecular formula is C16H14IN3O3S. The minimum atomic E-state index is -0.431. The van der Waals surface area contributed by atoms with E-state index in [0.29, 0.717) is 11.3 Å². The molecule has 0 spiro atoms. The van der Waals surface area contributed by atoms with Crippen molar-refractivity contribution in [3.05, 3.63) is 63.7 Å². The van der Waals surface area contributed by atoms with Crippen LogP contribution in [0.25, 0.3) is 0 Å². The molecule has 2 rings (SSSR count). The molecule has 24 heavy (non-hydrogen) atoms. The Balaban J connectivity index is 1.74. The fourth-order valence-corrected chi connectivity index (χ4v) is 2.48. The SMILES string of the molecule is O=C(COc1ccccc1)NC(=S)NNC(=O)c1ccccc1I. The monoisotopic (exact) mass is 455 g/mol. The Morgan fingerprint density at radius 2 is 1.67 bits per heavy atom. The summed E-state index contributed by atoms with van der Waals surface area (Å²) in [6.45, 7) is -0.184. The number of nitrogens with one attached hydrogen (secondary N) is 3. The van der Waals surface area contributed by atoms with Gasteiger partial charge in [-0.3, -0.25) is 25.8 Å². The second-order valence-corrected chi connectivity index (χ2v) is 6.11. The molecule has 0 heterocycles. The molecule has 3 N–H and O–H groups in total. The molecule has 2 amide bonds. The maximum absolute atomic E-state index is 12.0. The minimum absolute atomic E-state index is 0.0176. The molecule has 0 aliphatic rings. The number of hydrogen-bond donors (Lipinski definition) is 3. The van der Waals surface area contributed by atoms with Crippen LogP contribution in [-0.4, -0.2) is 23.5 Å². The highest BCUT2D eigenvalue weighted by Gasteiger charge is 2.10. The number of rotatable bonds is 4. The van der Waals surface area contributed by atoms with Crippen molar-refractivity contribution in [3.8, 4) is 5.75 Å². The van der Waals surface area contributed by atoms with Gasteiger partial charge < -0.3 is 4.74 Å². The quantitative estimate of drug-likeness (QED) is 0.374. The largest absolute Gasteiger partial charge is 0.484 e. The number of thiocarbonyl (C=S) groups is 1. The zero-order valence-corrected chi connectivity index (χ0v) is 15.4. The Hall–Kier alpha value is -2.20. The van der Waals surface area contributed by atoms with Crippen LogP contribution in [0.2, 0.25) is 0 Å². The summed E-state index contributed by atoms with van der Waals surface area (Å²) >= 11 is 7.01. The number of hydrazine groups is 1. The highest BCUT2D eigenvalue weighted by Crippen LogP contribution is 2.10. The van der Waals surface area contributed by atoms with Crippen molar-refractivity contribution in [2.75, 3.05) is 6.61 Å². The standard InChI is InChI=1S/C16H14IN3O3S/c17-13-9-5-4-8-12(13)15(22)19-20-16(24)18-14(21)10-23-11-6-2-1-3-7-11/h1-9H,10H2,(H,19,22)(H2,18,20,21,24). The molecule has 0 fully saturated rings. The van der Waals surface area contributed by atoms with Crippen LogP contribution < -0.4 is 20.9 Å². The Morgan fingerprint density at radius 1 is 1.00 bits per heavy atom. The van der Waals surface area contributed by atoms with E-state index in [9.17, 15) is 9.59 Å². The van der Waals surface area contributed by atoms with E-state index in [-0.39, 0.29) is 17.6 Å². The number of para-hydroxylation sites is 1. The van der Waals surface area contributed by atoms with Crippen LogP contribution in [0.4, 0.5) is 0 Å². The average molecular weight is 455 g/mol. The first-order chi connectivity index (χ1) is 11.6. The predicted octanol–water partition coefficient (Wildman–Crippen LogP) is 2.01. The molecular weight excluding hydrogens is 441 g/mol. The summed E-state index contributed by atoms with van der Waals surface area (Å²) in [5.74, 6) is -0.199. The summed E-state index contributed by atoms with van der Waals surface area (Å²) in [5.41, 5.74) is 5.41. The van der Waals surface area contributed by atoms with Gasteiger partial charge in [-0.15, -0.1) is 0 Å². The topological polar surface area (TPSA) is 79.5 Å². The molecule has 0 unspecified atom stereocenters. The van der Waals surface area contributed by atoms with Gasteiger partial charge in [0.15, 0.2) is 11.7 Å². The van der Waals surface area contributed by atoms with Gasteiger partial charge in [0, 0.05) is 3.57 Å². The van der Waals surface area contributed by atoms with Crippen LogP contribution in [0.15, 0.2) is 54.6 Å². The van der Waals surface area contributed by atoms with Gasteiger partial charge >= 0.3 is 0 Å². The van der Waals surface area contributed by atoms with E-state index in [1.54, 1.807) is 36.4 Å². The number of benzene rings is 2. The van der Waals surface area contributed by atoms with Gasteiger partial charge in [-0.2, -0.15) is 0 Å². The summed E-state index contributed by atoms with van der Waals surface area (Å²) in [4.78, 5) is 23.7. The lowest BCUT2D eigenvalue weighted by molar-refractivity contribution is -0.121. The van der Waals surface area contributed by atoms with Gasteiger partial charge in [0.1, 0.15) is 5.75 Å². The maximum Gasteiger partial charge on any atom is 0.270 e. The van der Waals surface area contributed by atoms with Crippen molar-refractivity contribution >= 4 is 51.7 Å². The van der Waals surface area contributed by atoms with Gasteiger partial charge in [0.05, 0.1) is 5.56 Å². The van der Waals surface area contributed by atoms with Crippen molar-refractivity contribution in [2.45, 2.75) is 0 Å². The van der Waals surface area contributed by atoms with Crippen molar-refractivity contribution in [3.63, 3.8) is 0 Å². The van der Waals surface area contributed by atoms with Crippen molar-refractivity contribution in [1.29, 1.82) is 0 Å². The van der Waals surface area contributed by atoms with E-state index < -0.39 is 5.91 Å². The molecule has 0 atom stereocenters. The minimum Gasteiger partial charge on any atom is -0.484 e. The molecule has 0 aliphatic heterocycles. The summed E-state index contributed by atoms with van der Waals surface area (Å²) in [7, 11) is 0. The smallest absolute Gasteiger partial charge is 0.270 e. The second kappa shape index (κ2) is 9.18. The van der Waals surface area contributed by atoms with Crippen LogP contribution in [-0.2, 0) is 4.79 Å². The van der Waals surface area contributed by atoms with Gasteiger partial charge in [0.25, 0.3) is 11.8 Å². The molecule has 0 saturated heterocycles. The van der Waals surface area contributed by atoms with Gasteiger partial charge in [0.2, 0.25) is 0 Å². The Morgan fingerprint density at radius 3 is 2.38 bits per heavy atom. The van der Waals surface area contributed by atoms with Crippen LogP contribution >= 0.6 is 34.8 Å². The molecule has 0 radical (unpaired) electrons. The molecule has 0 aliphatic carbocycles. The highest BCUT2D eigenvalue weighted by atomic mass is 127. The molecule has 2 aromatic carbocycles. The Bertz CT molecular complexity index is 740. The molecule has 0 saturated carbocycles. The molecule has 8 heteroatoms. The molecule has 0 bridgehead atoms. The van der Waals surface area contributed by atoms with E-state index in [4.69, 9.17) is 17.0 Å².